The molecule has 17 heavy (non-hydrogen) atoms. The molecule has 0 saturated carbocycles. The molecule has 5 heteroatoms. The number of imidazole rings is 1. The van der Waals surface area contributed by atoms with Gasteiger partial charge in [0.15, 0.2) is 0 Å². The number of hydrogen-bond acceptors (Lipinski definition) is 3. The second-order valence-electron chi connectivity index (χ2n) is 3.83. The lowest BCUT2D eigenvalue weighted by Crippen LogP contribution is -2.18. The summed E-state index contributed by atoms with van der Waals surface area (Å²) in [5.41, 5.74) is 1.60. The number of rotatable bonds is 4. The molecule has 0 radical (unpaired) electrons. The fraction of sp³-hybridized carbons (Fsp3) is 0.333. The Labute approximate surface area is 98.6 Å². The van der Waals surface area contributed by atoms with E-state index in [1.165, 1.54) is 0 Å². The molecule has 5 nitrogen and oxygen atoms in total. The number of carboxylic acid groups (broad SMARTS) is 1. The third-order valence-corrected chi connectivity index (χ3v) is 2.69. The first kappa shape index (κ1) is 11.6. The van der Waals surface area contributed by atoms with Crippen LogP contribution in [0.4, 0.5) is 0 Å². The van der Waals surface area contributed by atoms with Crippen LogP contribution in [-0.4, -0.2) is 27.7 Å². The maximum Gasteiger partial charge on any atom is 0.326 e. The van der Waals surface area contributed by atoms with Crippen LogP contribution in [-0.2, 0) is 16.1 Å². The first-order chi connectivity index (χ1) is 8.15. The van der Waals surface area contributed by atoms with Gasteiger partial charge in [-0.3, -0.25) is 0 Å². The summed E-state index contributed by atoms with van der Waals surface area (Å²) < 4.78 is 6.75. The molecule has 0 aliphatic heterocycles. The Morgan fingerprint density at radius 3 is 2.88 bits per heavy atom. The summed E-state index contributed by atoms with van der Waals surface area (Å²) in [6.45, 7) is 1.93. The third kappa shape index (κ3) is 2.01. The molecule has 0 unspecified atom stereocenters. The Morgan fingerprint density at radius 2 is 2.24 bits per heavy atom. The number of aromatic nitrogens is 2. The van der Waals surface area contributed by atoms with Gasteiger partial charge in [0.25, 0.3) is 0 Å². The summed E-state index contributed by atoms with van der Waals surface area (Å²) >= 11 is 0. The van der Waals surface area contributed by atoms with Gasteiger partial charge in [0.1, 0.15) is 18.5 Å². The molecule has 2 aromatic rings. The normalized spacial score (nSPS) is 12.8. The van der Waals surface area contributed by atoms with E-state index in [1.807, 2.05) is 24.3 Å². The largest absolute Gasteiger partial charge is 0.480 e. The van der Waals surface area contributed by atoms with Crippen molar-refractivity contribution in [2.75, 3.05) is 7.11 Å². The summed E-state index contributed by atoms with van der Waals surface area (Å²) in [6.07, 6.45) is 0. The van der Waals surface area contributed by atoms with E-state index >= 15 is 0 Å². The van der Waals surface area contributed by atoms with Crippen molar-refractivity contribution in [1.29, 1.82) is 0 Å². The Morgan fingerprint density at radius 1 is 1.53 bits per heavy atom. The standard InChI is InChI=1S/C12H14N2O3/c1-8(12(15)16)14-10-6-4-3-5-9(10)13-11(14)7-17-2/h3-6,8H,7H2,1-2H3,(H,15,16)/t8-/m1/s1. The molecule has 0 aliphatic carbocycles. The maximum absolute atomic E-state index is 11.1. The van der Waals surface area contributed by atoms with E-state index in [4.69, 9.17) is 9.84 Å². The summed E-state index contributed by atoms with van der Waals surface area (Å²) in [6, 6.07) is 6.81. The van der Waals surface area contributed by atoms with E-state index in [1.54, 1.807) is 18.6 Å². The molecule has 1 aromatic carbocycles. The van der Waals surface area contributed by atoms with Gasteiger partial charge in [-0.1, -0.05) is 12.1 Å². The molecular formula is C12H14N2O3. The zero-order valence-electron chi connectivity index (χ0n) is 9.75. The molecule has 1 aromatic heterocycles. The predicted molar refractivity (Wildman–Crippen MR) is 62.8 cm³/mol. The summed E-state index contributed by atoms with van der Waals surface area (Å²) in [5, 5.41) is 9.12. The van der Waals surface area contributed by atoms with Crippen molar-refractivity contribution in [3.05, 3.63) is 30.1 Å². The van der Waals surface area contributed by atoms with E-state index in [-0.39, 0.29) is 0 Å². The van der Waals surface area contributed by atoms with Gasteiger partial charge in [-0.15, -0.1) is 0 Å². The van der Waals surface area contributed by atoms with E-state index in [9.17, 15) is 4.79 Å². The van der Waals surface area contributed by atoms with Gasteiger partial charge in [0, 0.05) is 7.11 Å². The summed E-state index contributed by atoms with van der Waals surface area (Å²) in [7, 11) is 1.56. The molecule has 1 atom stereocenters. The van der Waals surface area contributed by atoms with Crippen molar-refractivity contribution in [3.63, 3.8) is 0 Å². The maximum atomic E-state index is 11.1. The molecule has 0 amide bonds. The Bertz CT molecular complexity index is 548. The Balaban J connectivity index is 2.63. The topological polar surface area (TPSA) is 64.4 Å². The van der Waals surface area contributed by atoms with Crippen molar-refractivity contribution in [2.24, 2.45) is 0 Å². The average Bonchev–Trinajstić information content (AvgIpc) is 2.66. The number of benzene rings is 1. The number of fused-ring (bicyclic) bond motifs is 1. The lowest BCUT2D eigenvalue weighted by Gasteiger charge is -2.12. The van der Waals surface area contributed by atoms with Gasteiger partial charge in [-0.2, -0.15) is 0 Å². The minimum absolute atomic E-state index is 0.298. The second-order valence-corrected chi connectivity index (χ2v) is 3.83. The van der Waals surface area contributed by atoms with Gasteiger partial charge in [-0.05, 0) is 19.1 Å². The highest BCUT2D eigenvalue weighted by atomic mass is 16.5. The number of carboxylic acids is 1. The number of hydrogen-bond donors (Lipinski definition) is 1. The van der Waals surface area contributed by atoms with Crippen molar-refractivity contribution >= 4 is 17.0 Å². The smallest absolute Gasteiger partial charge is 0.326 e. The lowest BCUT2D eigenvalue weighted by atomic mass is 10.3. The lowest BCUT2D eigenvalue weighted by molar-refractivity contribution is -0.140. The SMILES string of the molecule is COCc1nc2ccccc2n1[C@H](C)C(=O)O. The van der Waals surface area contributed by atoms with Crippen molar-refractivity contribution in [3.8, 4) is 0 Å². The molecule has 0 bridgehead atoms. The minimum Gasteiger partial charge on any atom is -0.480 e. The van der Waals surface area contributed by atoms with Crippen LogP contribution in [0.5, 0.6) is 0 Å². The van der Waals surface area contributed by atoms with Crippen molar-refractivity contribution in [2.45, 2.75) is 19.6 Å². The monoisotopic (exact) mass is 234 g/mol. The number of methoxy groups -OCH3 is 1. The third-order valence-electron chi connectivity index (χ3n) is 2.69. The van der Waals surface area contributed by atoms with E-state index in [2.05, 4.69) is 4.98 Å². The molecule has 2 rings (SSSR count). The highest BCUT2D eigenvalue weighted by molar-refractivity contribution is 5.80. The molecule has 90 valence electrons. The van der Waals surface area contributed by atoms with E-state index in [0.29, 0.717) is 12.4 Å². The number of aliphatic carboxylic acids is 1. The van der Waals surface area contributed by atoms with Crippen molar-refractivity contribution in [1.82, 2.24) is 9.55 Å². The van der Waals surface area contributed by atoms with Crippen LogP contribution in [0, 0.1) is 0 Å². The van der Waals surface area contributed by atoms with Crippen LogP contribution >= 0.6 is 0 Å². The number of nitrogens with zero attached hydrogens (tertiary/aromatic N) is 2. The fourth-order valence-corrected chi connectivity index (χ4v) is 1.87. The summed E-state index contributed by atoms with van der Waals surface area (Å²) in [5.74, 6) is -0.255. The molecule has 0 aliphatic rings. The first-order valence-electron chi connectivity index (χ1n) is 5.32. The predicted octanol–water partition coefficient (Wildman–Crippen LogP) is 1.83. The Hall–Kier alpha value is -1.88. The summed E-state index contributed by atoms with van der Waals surface area (Å²) in [4.78, 5) is 15.5. The van der Waals surface area contributed by atoms with Gasteiger partial charge >= 0.3 is 5.97 Å². The van der Waals surface area contributed by atoms with Crippen LogP contribution in [0.3, 0.4) is 0 Å². The van der Waals surface area contributed by atoms with Crippen molar-refractivity contribution < 1.29 is 14.6 Å². The van der Waals surface area contributed by atoms with Crippen LogP contribution in [0.25, 0.3) is 11.0 Å². The quantitative estimate of drug-likeness (QED) is 0.876. The van der Waals surface area contributed by atoms with Gasteiger partial charge in [0.05, 0.1) is 11.0 Å². The first-order valence-corrected chi connectivity index (χ1v) is 5.32. The average molecular weight is 234 g/mol. The van der Waals surface area contributed by atoms with E-state index in [0.717, 1.165) is 11.0 Å². The minimum atomic E-state index is -0.884. The fourth-order valence-electron chi connectivity index (χ4n) is 1.87. The number of para-hydroxylation sites is 2. The second kappa shape index (κ2) is 4.55. The molecule has 1 N–H and O–H groups in total. The molecule has 0 fully saturated rings. The highest BCUT2D eigenvalue weighted by Crippen LogP contribution is 2.21. The van der Waals surface area contributed by atoms with Crippen LogP contribution in [0.2, 0.25) is 0 Å². The van der Waals surface area contributed by atoms with Gasteiger partial charge in [0.2, 0.25) is 0 Å². The van der Waals surface area contributed by atoms with Crippen LogP contribution in [0.1, 0.15) is 18.8 Å². The van der Waals surface area contributed by atoms with Gasteiger partial charge in [-0.25, -0.2) is 9.78 Å². The zero-order chi connectivity index (χ0) is 12.4. The van der Waals surface area contributed by atoms with E-state index < -0.39 is 12.0 Å². The van der Waals surface area contributed by atoms with Crippen LogP contribution < -0.4 is 0 Å². The zero-order valence-corrected chi connectivity index (χ0v) is 9.75. The highest BCUT2D eigenvalue weighted by Gasteiger charge is 2.20. The van der Waals surface area contributed by atoms with Crippen LogP contribution in [0.15, 0.2) is 24.3 Å². The number of carbonyl (C=O) groups is 1. The molecule has 0 spiro atoms. The van der Waals surface area contributed by atoms with Gasteiger partial charge < -0.3 is 14.4 Å². The molecular weight excluding hydrogens is 220 g/mol. The molecule has 1 heterocycles. The Kier molecular flexibility index (Phi) is 3.10. The molecule has 0 saturated heterocycles. The number of ether oxygens (including phenoxy) is 1.